The van der Waals surface area contributed by atoms with Gasteiger partial charge >= 0.3 is 6.09 Å². The van der Waals surface area contributed by atoms with E-state index in [2.05, 4.69) is 17.4 Å². The number of fused-ring (bicyclic) bond motifs is 1. The summed E-state index contributed by atoms with van der Waals surface area (Å²) in [4.78, 5) is 38.2. The van der Waals surface area contributed by atoms with Crippen molar-refractivity contribution in [3.63, 3.8) is 0 Å². The molecule has 26 heavy (non-hydrogen) atoms. The van der Waals surface area contributed by atoms with Crippen LogP contribution in [-0.2, 0) is 19.7 Å². The van der Waals surface area contributed by atoms with Gasteiger partial charge in [0, 0.05) is 38.0 Å². The average molecular weight is 357 g/mol. The zero-order valence-corrected chi connectivity index (χ0v) is 15.0. The molecule has 1 N–H and O–H groups in total. The summed E-state index contributed by atoms with van der Waals surface area (Å²) in [6.07, 6.45) is 0.399. The van der Waals surface area contributed by atoms with Crippen LogP contribution in [0, 0.1) is 5.92 Å². The number of piperidine rings is 1. The highest BCUT2D eigenvalue weighted by molar-refractivity contribution is 5.89. The Morgan fingerprint density at radius 1 is 1.23 bits per heavy atom. The molecule has 0 aromatic heterocycles. The third kappa shape index (κ3) is 2.81. The SMILES string of the molecule is CC(=O)NCC1CN(c2ccc(C34CC3CN(C(C)=O)C4)cc2)C(=O)O1. The monoisotopic (exact) mass is 357 g/mol. The number of cyclic esters (lactones) is 1. The average Bonchev–Trinajstić information content (AvgIpc) is 2.98. The van der Waals surface area contributed by atoms with Crippen LogP contribution >= 0.6 is 0 Å². The van der Waals surface area contributed by atoms with E-state index in [0.29, 0.717) is 19.0 Å². The molecule has 7 nitrogen and oxygen atoms in total. The molecular formula is C19H23N3O4. The Hall–Kier alpha value is -2.57. The highest BCUT2D eigenvalue weighted by Gasteiger charge is 2.61. The number of likely N-dealkylation sites (tertiary alicyclic amines) is 1. The predicted molar refractivity (Wildman–Crippen MR) is 94.8 cm³/mol. The molecule has 2 heterocycles. The number of nitrogens with one attached hydrogen (secondary N) is 1. The minimum absolute atomic E-state index is 0.101. The molecule has 3 unspecified atom stereocenters. The van der Waals surface area contributed by atoms with Gasteiger partial charge in [0.25, 0.3) is 0 Å². The summed E-state index contributed by atoms with van der Waals surface area (Å²) in [7, 11) is 0. The maximum Gasteiger partial charge on any atom is 0.414 e. The minimum Gasteiger partial charge on any atom is -0.442 e. The van der Waals surface area contributed by atoms with Crippen molar-refractivity contribution >= 4 is 23.6 Å². The Morgan fingerprint density at radius 2 is 1.96 bits per heavy atom. The molecule has 3 aliphatic rings. The zero-order valence-electron chi connectivity index (χ0n) is 15.0. The molecule has 3 amide bonds. The van der Waals surface area contributed by atoms with Crippen LogP contribution < -0.4 is 10.2 Å². The Balaban J connectivity index is 1.43. The molecule has 2 aliphatic heterocycles. The number of hydrogen-bond donors (Lipinski definition) is 1. The van der Waals surface area contributed by atoms with E-state index in [-0.39, 0.29) is 29.4 Å². The number of ether oxygens (including phenoxy) is 1. The number of amides is 3. The number of carbonyl (C=O) groups excluding carboxylic acids is 3. The fourth-order valence-corrected chi connectivity index (χ4v) is 4.24. The number of rotatable bonds is 4. The molecule has 4 rings (SSSR count). The van der Waals surface area contributed by atoms with Gasteiger partial charge in [0.15, 0.2) is 0 Å². The van der Waals surface area contributed by atoms with Crippen LogP contribution in [0.3, 0.4) is 0 Å². The van der Waals surface area contributed by atoms with Crippen LogP contribution in [0.2, 0.25) is 0 Å². The number of nitrogens with zero attached hydrogens (tertiary/aromatic N) is 2. The van der Waals surface area contributed by atoms with Gasteiger partial charge in [-0.1, -0.05) is 12.1 Å². The Bertz CT molecular complexity index is 763. The van der Waals surface area contributed by atoms with E-state index in [9.17, 15) is 14.4 Å². The topological polar surface area (TPSA) is 79.0 Å². The summed E-state index contributed by atoms with van der Waals surface area (Å²) >= 11 is 0. The summed E-state index contributed by atoms with van der Waals surface area (Å²) in [5, 5.41) is 2.67. The first-order valence-electron chi connectivity index (χ1n) is 8.98. The second kappa shape index (κ2) is 6.00. The van der Waals surface area contributed by atoms with E-state index in [4.69, 9.17) is 4.74 Å². The predicted octanol–water partition coefficient (Wildman–Crippen LogP) is 1.27. The molecule has 7 heteroatoms. The van der Waals surface area contributed by atoms with Crippen LogP contribution in [-0.4, -0.2) is 55.1 Å². The minimum atomic E-state index is -0.390. The molecular weight excluding hydrogens is 334 g/mol. The first kappa shape index (κ1) is 16.9. The molecule has 1 aromatic carbocycles. The summed E-state index contributed by atoms with van der Waals surface area (Å²) in [6.45, 7) is 5.44. The number of hydrogen-bond acceptors (Lipinski definition) is 4. The van der Waals surface area contributed by atoms with Crippen LogP contribution in [0.4, 0.5) is 10.5 Å². The zero-order chi connectivity index (χ0) is 18.5. The molecule has 2 saturated heterocycles. The molecule has 0 radical (unpaired) electrons. The fraction of sp³-hybridized carbons (Fsp3) is 0.526. The lowest BCUT2D eigenvalue weighted by Crippen LogP contribution is -2.33. The van der Waals surface area contributed by atoms with E-state index in [1.54, 1.807) is 11.8 Å². The quantitative estimate of drug-likeness (QED) is 0.880. The van der Waals surface area contributed by atoms with E-state index in [1.807, 2.05) is 17.0 Å². The smallest absolute Gasteiger partial charge is 0.414 e. The van der Waals surface area contributed by atoms with Crippen molar-refractivity contribution < 1.29 is 19.1 Å². The largest absolute Gasteiger partial charge is 0.442 e. The van der Waals surface area contributed by atoms with E-state index in [0.717, 1.165) is 25.2 Å². The van der Waals surface area contributed by atoms with Gasteiger partial charge in [0.1, 0.15) is 6.10 Å². The third-order valence-electron chi connectivity index (χ3n) is 5.80. The Kier molecular flexibility index (Phi) is 3.89. The molecule has 0 spiro atoms. The molecule has 1 saturated carbocycles. The van der Waals surface area contributed by atoms with Gasteiger partial charge in [-0.25, -0.2) is 4.79 Å². The number of carbonyl (C=O) groups is 3. The summed E-state index contributed by atoms with van der Waals surface area (Å²) in [5.74, 6) is 0.549. The fourth-order valence-electron chi connectivity index (χ4n) is 4.24. The first-order chi connectivity index (χ1) is 12.4. The van der Waals surface area contributed by atoms with Crippen LogP contribution in [0.25, 0.3) is 0 Å². The maximum atomic E-state index is 12.1. The van der Waals surface area contributed by atoms with Crippen molar-refractivity contribution in [1.82, 2.24) is 10.2 Å². The van der Waals surface area contributed by atoms with Crippen molar-refractivity contribution in [3.05, 3.63) is 29.8 Å². The number of anilines is 1. The van der Waals surface area contributed by atoms with Crippen molar-refractivity contribution in [2.45, 2.75) is 31.8 Å². The van der Waals surface area contributed by atoms with Gasteiger partial charge in [-0.05, 0) is 30.0 Å². The molecule has 0 bridgehead atoms. The summed E-state index contributed by atoms with van der Waals surface area (Å²) in [5.41, 5.74) is 2.13. The molecule has 1 aromatic rings. The lowest BCUT2D eigenvalue weighted by atomic mass is 9.94. The normalized spacial score (nSPS) is 29.4. The van der Waals surface area contributed by atoms with Gasteiger partial charge in [-0.15, -0.1) is 0 Å². The Labute approximate surface area is 152 Å². The standard InChI is InChI=1S/C19H23N3O4/c1-12(23)20-8-17-10-22(18(25)26-17)16-5-3-14(4-6-16)19-7-15(19)9-21(11-19)13(2)24/h3-6,15,17H,7-11H2,1-2H3,(H,20,23). The van der Waals surface area contributed by atoms with Gasteiger partial charge in [0.05, 0.1) is 13.1 Å². The van der Waals surface area contributed by atoms with Crippen molar-refractivity contribution in [2.24, 2.45) is 5.92 Å². The first-order valence-corrected chi connectivity index (χ1v) is 8.98. The van der Waals surface area contributed by atoms with Crippen molar-refractivity contribution in [3.8, 4) is 0 Å². The highest BCUT2D eigenvalue weighted by atomic mass is 16.6. The second-order valence-corrected chi connectivity index (χ2v) is 7.56. The van der Waals surface area contributed by atoms with E-state index < -0.39 is 0 Å². The van der Waals surface area contributed by atoms with E-state index in [1.165, 1.54) is 12.5 Å². The molecule has 3 atom stereocenters. The molecule has 138 valence electrons. The van der Waals surface area contributed by atoms with Gasteiger partial charge < -0.3 is 15.0 Å². The summed E-state index contributed by atoms with van der Waals surface area (Å²) < 4.78 is 5.31. The van der Waals surface area contributed by atoms with Crippen molar-refractivity contribution in [2.75, 3.05) is 31.1 Å². The van der Waals surface area contributed by atoms with Gasteiger partial charge in [-0.3, -0.25) is 14.5 Å². The highest BCUT2D eigenvalue weighted by Crippen LogP contribution is 2.59. The lowest BCUT2D eigenvalue weighted by molar-refractivity contribution is -0.128. The maximum absolute atomic E-state index is 12.1. The van der Waals surface area contributed by atoms with Crippen molar-refractivity contribution in [1.29, 1.82) is 0 Å². The molecule has 1 aliphatic carbocycles. The Morgan fingerprint density at radius 3 is 2.58 bits per heavy atom. The summed E-state index contributed by atoms with van der Waals surface area (Å²) in [6, 6.07) is 8.01. The van der Waals surface area contributed by atoms with Gasteiger partial charge in [-0.2, -0.15) is 0 Å². The van der Waals surface area contributed by atoms with Crippen LogP contribution in [0.5, 0.6) is 0 Å². The lowest BCUT2D eigenvalue weighted by Gasteiger charge is -2.20. The van der Waals surface area contributed by atoms with E-state index >= 15 is 0 Å². The van der Waals surface area contributed by atoms with Crippen LogP contribution in [0.1, 0.15) is 25.8 Å². The third-order valence-corrected chi connectivity index (χ3v) is 5.80. The van der Waals surface area contributed by atoms with Gasteiger partial charge in [0.2, 0.25) is 11.8 Å². The number of benzene rings is 1. The molecule has 3 fully saturated rings. The second-order valence-electron chi connectivity index (χ2n) is 7.56. The van der Waals surface area contributed by atoms with Crippen LogP contribution in [0.15, 0.2) is 24.3 Å².